The number of likely N-dealkylation sites (N-methyl/N-ethyl adjacent to an activating group) is 2. The van der Waals surface area contributed by atoms with Crippen molar-refractivity contribution in [1.82, 2.24) is 14.8 Å². The Labute approximate surface area is 264 Å². The average Bonchev–Trinajstić information content (AvgIpc) is 3.64. The minimum atomic E-state index is -0.851. The largest absolute Gasteiger partial charge is 0.467 e. The summed E-state index contributed by atoms with van der Waals surface area (Å²) in [4.78, 5) is 75.3. The van der Waals surface area contributed by atoms with Crippen molar-refractivity contribution >= 4 is 67.9 Å². The molecule has 1 aromatic carbocycles. The van der Waals surface area contributed by atoms with E-state index in [2.05, 4.69) is 9.98 Å². The molecule has 2 aliphatic rings. The van der Waals surface area contributed by atoms with Gasteiger partial charge in [-0.1, -0.05) is 13.8 Å². The molecule has 0 saturated heterocycles. The first-order valence-corrected chi connectivity index (χ1v) is 15.8. The Balaban J connectivity index is 1.33. The lowest BCUT2D eigenvalue weighted by molar-refractivity contribution is -0.141. The summed E-state index contributed by atoms with van der Waals surface area (Å²) >= 11 is 2.83. The number of hydrogen-bond donors (Lipinski definition) is 0. The fourth-order valence-electron chi connectivity index (χ4n) is 5.01. The highest BCUT2D eigenvalue weighted by molar-refractivity contribution is 8.15. The van der Waals surface area contributed by atoms with Crippen LogP contribution in [0.5, 0.6) is 5.75 Å². The Morgan fingerprint density at radius 2 is 1.66 bits per heavy atom. The van der Waals surface area contributed by atoms with Gasteiger partial charge in [0.2, 0.25) is 5.91 Å². The second-order valence-electron chi connectivity index (χ2n) is 11.5. The zero-order valence-corrected chi connectivity index (χ0v) is 27.7. The summed E-state index contributed by atoms with van der Waals surface area (Å²) in [5.74, 6) is -0.114. The number of aliphatic imine (C=N–C) groups is 1. The molecule has 11 nitrogen and oxygen atoms in total. The van der Waals surface area contributed by atoms with E-state index in [1.807, 2.05) is 0 Å². The molecule has 4 rings (SSSR count). The van der Waals surface area contributed by atoms with Crippen molar-refractivity contribution in [2.75, 3.05) is 40.0 Å². The average molecular weight is 641 g/mol. The second-order valence-corrected chi connectivity index (χ2v) is 13.5. The van der Waals surface area contributed by atoms with Crippen molar-refractivity contribution < 1.29 is 33.4 Å². The lowest BCUT2D eigenvalue weighted by Gasteiger charge is -2.33. The van der Waals surface area contributed by atoms with Gasteiger partial charge >= 0.3 is 12.1 Å². The highest BCUT2D eigenvalue weighted by atomic mass is 32.2. The Kier molecular flexibility index (Phi) is 9.79. The van der Waals surface area contributed by atoms with Gasteiger partial charge in [0.1, 0.15) is 15.8 Å². The maximum absolute atomic E-state index is 13.1. The molecule has 44 heavy (non-hydrogen) atoms. The van der Waals surface area contributed by atoms with Crippen LogP contribution in [0, 0.1) is 5.41 Å². The van der Waals surface area contributed by atoms with E-state index in [1.165, 1.54) is 40.0 Å². The van der Waals surface area contributed by atoms with Crippen LogP contribution in [0.4, 0.5) is 4.79 Å². The highest BCUT2D eigenvalue weighted by Crippen LogP contribution is 2.39. The number of allylic oxidation sites excluding steroid dienone is 4. The van der Waals surface area contributed by atoms with Gasteiger partial charge in [0, 0.05) is 73.1 Å². The second kappa shape index (κ2) is 13.0. The molecule has 1 aromatic heterocycles. The number of fused-ring (bicyclic) bond motifs is 1. The van der Waals surface area contributed by atoms with Crippen LogP contribution < -0.4 is 4.74 Å². The number of hydrogen-bond acceptors (Lipinski definition) is 11. The summed E-state index contributed by atoms with van der Waals surface area (Å²) in [6.07, 6.45) is -0.558. The van der Waals surface area contributed by atoms with Crippen molar-refractivity contribution in [2.24, 2.45) is 10.4 Å². The van der Waals surface area contributed by atoms with Gasteiger partial charge in [-0.3, -0.25) is 19.4 Å². The standard InChI is InChI=1S/C31H36N4O7S2/c1-16-17(2)26(38)24(18(3)25(16)37)31(4,5)14-23(36)34(6)11-12-35(7)30(40)42-19-9-10-20-22(13-19)44-28(32-20)27-33-21(15-43-27)29(39)41-8/h9-10,13,21H,11-12,14-15H2,1-8H3/t21-/m1/s1. The number of carbonyl (C=O) groups excluding carboxylic acids is 5. The first kappa shape index (κ1) is 33.1. The van der Waals surface area contributed by atoms with Gasteiger partial charge in [0.05, 0.1) is 17.3 Å². The SMILES string of the molecule is COC(=O)[C@H]1CSC(c2nc3ccc(OC(=O)N(C)CCN(C)C(=O)CC(C)(C)C4=C(C)C(=O)C(C)=C(C)C4=O)cc3s2)=N1. The van der Waals surface area contributed by atoms with Crippen LogP contribution in [0.15, 0.2) is 45.5 Å². The smallest absolute Gasteiger partial charge is 0.415 e. The van der Waals surface area contributed by atoms with Crippen molar-refractivity contribution in [2.45, 2.75) is 47.1 Å². The van der Waals surface area contributed by atoms with Gasteiger partial charge in [0.15, 0.2) is 17.6 Å². The Hall–Kier alpha value is -3.84. The number of ketones is 2. The summed E-state index contributed by atoms with van der Waals surface area (Å²) in [7, 11) is 4.56. The molecule has 1 atom stereocenters. The molecular formula is C31H36N4O7S2. The van der Waals surface area contributed by atoms with E-state index < -0.39 is 17.6 Å². The zero-order valence-electron chi connectivity index (χ0n) is 26.1. The summed E-state index contributed by atoms with van der Waals surface area (Å²) in [6.45, 7) is 8.97. The van der Waals surface area contributed by atoms with Gasteiger partial charge in [-0.25, -0.2) is 14.6 Å². The molecule has 2 amide bonds. The molecule has 1 aliphatic carbocycles. The van der Waals surface area contributed by atoms with Crippen LogP contribution in [0.2, 0.25) is 0 Å². The number of methoxy groups -OCH3 is 1. The summed E-state index contributed by atoms with van der Waals surface area (Å²) < 4.78 is 11.2. The van der Waals surface area contributed by atoms with E-state index in [0.717, 1.165) is 10.2 Å². The summed E-state index contributed by atoms with van der Waals surface area (Å²) in [5, 5.41) is 1.36. The van der Waals surface area contributed by atoms with E-state index >= 15 is 0 Å². The molecule has 2 heterocycles. The molecule has 0 saturated carbocycles. The fourth-order valence-corrected chi connectivity index (χ4v) is 7.10. The molecule has 0 unspecified atom stereocenters. The number of amides is 2. The Bertz CT molecular complexity index is 1650. The van der Waals surface area contributed by atoms with Crippen LogP contribution in [0.25, 0.3) is 10.2 Å². The fraction of sp³-hybridized carbons (Fsp3) is 0.452. The third kappa shape index (κ3) is 6.78. The van der Waals surface area contributed by atoms with Gasteiger partial charge in [0.25, 0.3) is 0 Å². The molecule has 234 valence electrons. The molecule has 13 heteroatoms. The molecule has 0 radical (unpaired) electrons. The van der Waals surface area contributed by atoms with E-state index in [1.54, 1.807) is 66.9 Å². The van der Waals surface area contributed by atoms with Crippen LogP contribution >= 0.6 is 23.1 Å². The van der Waals surface area contributed by atoms with Crippen LogP contribution in [0.3, 0.4) is 0 Å². The Morgan fingerprint density at radius 3 is 2.34 bits per heavy atom. The minimum absolute atomic E-state index is 0.0286. The summed E-state index contributed by atoms with van der Waals surface area (Å²) in [5.41, 5.74) is 1.48. The number of esters is 1. The molecule has 0 spiro atoms. The van der Waals surface area contributed by atoms with E-state index in [0.29, 0.717) is 43.8 Å². The van der Waals surface area contributed by atoms with Gasteiger partial charge in [-0.15, -0.1) is 23.1 Å². The van der Waals surface area contributed by atoms with Crippen molar-refractivity contribution in [3.05, 3.63) is 45.5 Å². The van der Waals surface area contributed by atoms with Crippen LogP contribution in [-0.4, -0.2) is 95.5 Å². The predicted molar refractivity (Wildman–Crippen MR) is 170 cm³/mol. The van der Waals surface area contributed by atoms with Crippen LogP contribution in [-0.2, 0) is 23.9 Å². The maximum atomic E-state index is 13.1. The maximum Gasteiger partial charge on any atom is 0.415 e. The predicted octanol–water partition coefficient (Wildman–Crippen LogP) is 4.44. The van der Waals surface area contributed by atoms with Gasteiger partial charge in [-0.05, 0) is 32.9 Å². The van der Waals surface area contributed by atoms with Gasteiger partial charge < -0.3 is 19.3 Å². The number of carbonyl (C=O) groups is 5. The number of benzene rings is 1. The number of thiazole rings is 1. The minimum Gasteiger partial charge on any atom is -0.467 e. The van der Waals surface area contributed by atoms with Crippen LogP contribution in [0.1, 0.15) is 46.0 Å². The number of ether oxygens (including phenoxy) is 2. The topological polar surface area (TPSA) is 136 Å². The monoisotopic (exact) mass is 640 g/mol. The molecular weight excluding hydrogens is 604 g/mol. The van der Waals surface area contributed by atoms with Crippen molar-refractivity contribution in [3.63, 3.8) is 0 Å². The number of rotatable bonds is 9. The van der Waals surface area contributed by atoms with E-state index in [9.17, 15) is 24.0 Å². The number of thioether (sulfide) groups is 1. The molecule has 0 N–H and O–H groups in total. The number of nitrogens with zero attached hydrogens (tertiary/aromatic N) is 4. The third-order valence-corrected chi connectivity index (χ3v) is 10.0. The Morgan fingerprint density at radius 1 is 1.00 bits per heavy atom. The first-order chi connectivity index (χ1) is 20.6. The highest BCUT2D eigenvalue weighted by Gasteiger charge is 2.39. The molecule has 0 fully saturated rings. The van der Waals surface area contributed by atoms with E-state index in [4.69, 9.17) is 9.47 Å². The van der Waals surface area contributed by atoms with Crippen molar-refractivity contribution in [3.8, 4) is 5.75 Å². The lowest BCUT2D eigenvalue weighted by atomic mass is 9.71. The first-order valence-electron chi connectivity index (χ1n) is 14.0. The molecule has 2 aromatic rings. The lowest BCUT2D eigenvalue weighted by Crippen LogP contribution is -2.40. The quantitative estimate of drug-likeness (QED) is 0.288. The third-order valence-electron chi connectivity index (χ3n) is 7.84. The van der Waals surface area contributed by atoms with Crippen molar-refractivity contribution in [1.29, 1.82) is 0 Å². The normalized spacial score (nSPS) is 17.3. The summed E-state index contributed by atoms with van der Waals surface area (Å²) in [6, 6.07) is 4.59. The molecule has 1 aliphatic heterocycles. The van der Waals surface area contributed by atoms with E-state index in [-0.39, 0.29) is 43.0 Å². The molecule has 0 bridgehead atoms. The zero-order chi connectivity index (χ0) is 32.5. The number of aromatic nitrogens is 1. The number of Topliss-reactive ketones (excluding diaryl/α,β-unsaturated/α-hetero) is 2. The van der Waals surface area contributed by atoms with Gasteiger partial charge in [-0.2, -0.15) is 0 Å².